The minimum Gasteiger partial charge on any atom is -0.388 e. The Morgan fingerprint density at radius 2 is 2.05 bits per heavy atom. The van der Waals surface area contributed by atoms with Gasteiger partial charge in [-0.2, -0.15) is 0 Å². The molecule has 1 aliphatic rings. The first-order chi connectivity index (χ1) is 10.4. The summed E-state index contributed by atoms with van der Waals surface area (Å²) in [6.07, 6.45) is 0. The third-order valence-electron chi connectivity index (χ3n) is 3.63. The summed E-state index contributed by atoms with van der Waals surface area (Å²) in [4.78, 5) is 27.2. The Kier molecular flexibility index (Phi) is 4.03. The van der Waals surface area contributed by atoms with Crippen molar-refractivity contribution in [3.63, 3.8) is 0 Å². The van der Waals surface area contributed by atoms with Crippen molar-refractivity contribution < 1.29 is 14.7 Å². The standard InChI is InChI=1S/C14H12Cl2N2O3S/c1-17-9(3-8(15)13(17)16)14(21)18-4-7-2-11(10(20)6-19)22-12(7)5-18/h2-3,19H,4-6H2,1H3. The number of carbonyl (C=O) groups is 2. The molecule has 22 heavy (non-hydrogen) atoms. The van der Waals surface area contributed by atoms with E-state index in [-0.39, 0.29) is 11.7 Å². The van der Waals surface area contributed by atoms with E-state index < -0.39 is 6.61 Å². The molecule has 116 valence electrons. The lowest BCUT2D eigenvalue weighted by atomic mass is 10.2. The fourth-order valence-electron chi connectivity index (χ4n) is 2.44. The molecule has 2 aromatic rings. The van der Waals surface area contributed by atoms with Crippen LogP contribution < -0.4 is 0 Å². The molecule has 5 nitrogen and oxygen atoms in total. The van der Waals surface area contributed by atoms with Crippen molar-refractivity contribution in [1.29, 1.82) is 0 Å². The van der Waals surface area contributed by atoms with E-state index in [0.29, 0.717) is 33.8 Å². The van der Waals surface area contributed by atoms with E-state index in [4.69, 9.17) is 28.3 Å². The number of amides is 1. The highest BCUT2D eigenvalue weighted by Crippen LogP contribution is 2.33. The summed E-state index contributed by atoms with van der Waals surface area (Å²) < 4.78 is 1.55. The summed E-state index contributed by atoms with van der Waals surface area (Å²) in [5.74, 6) is -0.451. The quantitative estimate of drug-likeness (QED) is 0.858. The van der Waals surface area contributed by atoms with Crippen molar-refractivity contribution in [3.05, 3.63) is 43.3 Å². The maximum atomic E-state index is 12.6. The van der Waals surface area contributed by atoms with Gasteiger partial charge in [-0.3, -0.25) is 9.59 Å². The number of aromatic nitrogens is 1. The van der Waals surface area contributed by atoms with E-state index in [9.17, 15) is 9.59 Å². The molecule has 3 rings (SSSR count). The number of fused-ring (bicyclic) bond motifs is 1. The van der Waals surface area contributed by atoms with E-state index in [1.807, 2.05) is 0 Å². The van der Waals surface area contributed by atoms with Gasteiger partial charge in [0, 0.05) is 18.5 Å². The number of halogens is 2. The molecule has 0 aliphatic carbocycles. The number of aliphatic hydroxyl groups is 1. The summed E-state index contributed by atoms with van der Waals surface area (Å²) >= 11 is 13.3. The molecule has 0 spiro atoms. The number of aliphatic hydroxyl groups excluding tert-OH is 1. The van der Waals surface area contributed by atoms with Gasteiger partial charge in [0.1, 0.15) is 17.5 Å². The van der Waals surface area contributed by atoms with Crippen LogP contribution in [0.25, 0.3) is 0 Å². The summed E-state index contributed by atoms with van der Waals surface area (Å²) in [6.45, 7) is 0.379. The lowest BCUT2D eigenvalue weighted by Gasteiger charge is -2.16. The summed E-state index contributed by atoms with van der Waals surface area (Å²) in [7, 11) is 1.69. The molecule has 0 saturated carbocycles. The van der Waals surface area contributed by atoms with Gasteiger partial charge < -0.3 is 14.6 Å². The lowest BCUT2D eigenvalue weighted by molar-refractivity contribution is 0.0742. The number of hydrogen-bond acceptors (Lipinski definition) is 4. The molecule has 3 heterocycles. The molecule has 8 heteroatoms. The molecule has 2 aromatic heterocycles. The number of thiophene rings is 1. The number of rotatable bonds is 3. The Hall–Kier alpha value is -1.34. The minimum atomic E-state index is -0.498. The first-order valence-corrected chi connectivity index (χ1v) is 8.05. The Balaban J connectivity index is 1.81. The SMILES string of the molecule is Cn1c(C(=O)N2Cc3cc(C(=O)CO)sc3C2)cc(Cl)c1Cl. The van der Waals surface area contributed by atoms with Gasteiger partial charge in [0.05, 0.1) is 16.4 Å². The zero-order chi connectivity index (χ0) is 16.0. The average molecular weight is 359 g/mol. The molecule has 0 aromatic carbocycles. The van der Waals surface area contributed by atoms with Gasteiger partial charge in [-0.15, -0.1) is 11.3 Å². The van der Waals surface area contributed by atoms with Crippen molar-refractivity contribution in [3.8, 4) is 0 Å². The highest BCUT2D eigenvalue weighted by Gasteiger charge is 2.29. The second-order valence-corrected chi connectivity index (χ2v) is 6.93. The van der Waals surface area contributed by atoms with Crippen LogP contribution in [-0.2, 0) is 20.1 Å². The third-order valence-corrected chi connectivity index (χ3v) is 5.68. The summed E-state index contributed by atoms with van der Waals surface area (Å²) in [5, 5.41) is 9.56. The number of Topliss-reactive ketones (excluding diaryl/α,β-unsaturated/α-hetero) is 1. The molecular weight excluding hydrogens is 347 g/mol. The van der Waals surface area contributed by atoms with Crippen LogP contribution in [0.3, 0.4) is 0 Å². The van der Waals surface area contributed by atoms with Gasteiger partial charge in [0.25, 0.3) is 5.91 Å². The van der Waals surface area contributed by atoms with E-state index in [1.165, 1.54) is 11.3 Å². The molecule has 0 saturated heterocycles. The highest BCUT2D eigenvalue weighted by molar-refractivity contribution is 7.14. The molecule has 0 unspecified atom stereocenters. The zero-order valence-corrected chi connectivity index (χ0v) is 13.9. The van der Waals surface area contributed by atoms with Crippen LogP contribution in [0.2, 0.25) is 10.2 Å². The fraction of sp³-hybridized carbons (Fsp3) is 0.286. The van der Waals surface area contributed by atoms with Crippen LogP contribution in [0.4, 0.5) is 0 Å². The monoisotopic (exact) mass is 358 g/mol. The molecule has 0 atom stereocenters. The predicted molar refractivity (Wildman–Crippen MR) is 84.7 cm³/mol. The smallest absolute Gasteiger partial charge is 0.271 e. The summed E-state index contributed by atoms with van der Waals surface area (Å²) in [6, 6.07) is 3.30. The first kappa shape index (κ1) is 15.6. The number of hydrogen-bond donors (Lipinski definition) is 1. The number of nitrogens with zero attached hydrogens (tertiary/aromatic N) is 2. The lowest BCUT2D eigenvalue weighted by Crippen LogP contribution is -2.27. The van der Waals surface area contributed by atoms with Crippen LogP contribution >= 0.6 is 34.5 Å². The fourth-order valence-corrected chi connectivity index (χ4v) is 3.93. The Bertz CT molecular complexity index is 758. The van der Waals surface area contributed by atoms with Gasteiger partial charge in [-0.05, 0) is 17.7 Å². The Labute approximate surface area is 140 Å². The predicted octanol–water partition coefficient (Wildman–Crippen LogP) is 2.72. The second kappa shape index (κ2) is 5.70. The van der Waals surface area contributed by atoms with Crippen LogP contribution in [0, 0.1) is 0 Å². The topological polar surface area (TPSA) is 62.5 Å². The van der Waals surface area contributed by atoms with Crippen LogP contribution in [-0.4, -0.2) is 32.9 Å². The van der Waals surface area contributed by atoms with E-state index >= 15 is 0 Å². The van der Waals surface area contributed by atoms with Crippen molar-refractivity contribution in [2.45, 2.75) is 13.1 Å². The molecule has 0 bridgehead atoms. The molecular formula is C14H12Cl2N2O3S. The van der Waals surface area contributed by atoms with Gasteiger partial charge in [-0.1, -0.05) is 23.2 Å². The van der Waals surface area contributed by atoms with E-state index in [2.05, 4.69) is 0 Å². The molecule has 1 N–H and O–H groups in total. The summed E-state index contributed by atoms with van der Waals surface area (Å²) in [5.41, 5.74) is 1.37. The maximum Gasteiger partial charge on any atom is 0.271 e. The third kappa shape index (κ3) is 2.46. The van der Waals surface area contributed by atoms with Crippen molar-refractivity contribution in [2.24, 2.45) is 7.05 Å². The van der Waals surface area contributed by atoms with Gasteiger partial charge in [-0.25, -0.2) is 0 Å². The second-order valence-electron chi connectivity index (χ2n) is 5.03. The largest absolute Gasteiger partial charge is 0.388 e. The minimum absolute atomic E-state index is 0.158. The van der Waals surface area contributed by atoms with Gasteiger partial charge in [0.15, 0.2) is 5.78 Å². The Morgan fingerprint density at radius 3 is 2.59 bits per heavy atom. The van der Waals surface area contributed by atoms with E-state index in [1.54, 1.807) is 28.6 Å². The van der Waals surface area contributed by atoms with Crippen LogP contribution in [0.5, 0.6) is 0 Å². The molecule has 0 radical (unpaired) electrons. The van der Waals surface area contributed by atoms with Crippen LogP contribution in [0.15, 0.2) is 12.1 Å². The van der Waals surface area contributed by atoms with Crippen LogP contribution in [0.1, 0.15) is 30.6 Å². The van der Waals surface area contributed by atoms with Crippen molar-refractivity contribution >= 4 is 46.2 Å². The van der Waals surface area contributed by atoms with E-state index in [0.717, 1.165) is 10.4 Å². The first-order valence-electron chi connectivity index (χ1n) is 6.48. The highest BCUT2D eigenvalue weighted by atomic mass is 35.5. The molecule has 0 fully saturated rings. The maximum absolute atomic E-state index is 12.6. The van der Waals surface area contributed by atoms with Gasteiger partial charge >= 0.3 is 0 Å². The Morgan fingerprint density at radius 1 is 1.32 bits per heavy atom. The van der Waals surface area contributed by atoms with Crippen molar-refractivity contribution in [1.82, 2.24) is 9.47 Å². The van der Waals surface area contributed by atoms with Gasteiger partial charge in [0.2, 0.25) is 0 Å². The molecule has 1 aliphatic heterocycles. The average Bonchev–Trinajstić information content (AvgIpc) is 3.13. The normalized spacial score (nSPS) is 13.5. The number of ketones is 1. The zero-order valence-electron chi connectivity index (χ0n) is 11.6. The molecule has 1 amide bonds. The number of carbonyl (C=O) groups excluding carboxylic acids is 2. The van der Waals surface area contributed by atoms with Crippen molar-refractivity contribution in [2.75, 3.05) is 6.61 Å².